The van der Waals surface area contributed by atoms with E-state index in [4.69, 9.17) is 0 Å². The molecule has 4 nitrogen and oxygen atoms in total. The topological polar surface area (TPSA) is 44.4 Å². The largest absolute Gasteiger partial charge is 0.341 e. The summed E-state index contributed by atoms with van der Waals surface area (Å²) in [7, 11) is 3.68. The molecule has 1 aliphatic rings. The Morgan fingerprint density at radius 2 is 2.00 bits per heavy atom. The van der Waals surface area contributed by atoms with E-state index in [1.54, 1.807) is 7.05 Å². The van der Waals surface area contributed by atoms with Gasteiger partial charge in [-0.25, -0.2) is 4.79 Å². The maximum absolute atomic E-state index is 11.3. The molecule has 82 valence electrons. The van der Waals surface area contributed by atoms with Crippen LogP contribution in [0.15, 0.2) is 0 Å². The van der Waals surface area contributed by atoms with Gasteiger partial charge in [0.1, 0.15) is 0 Å². The highest BCUT2D eigenvalue weighted by atomic mass is 16.2. The number of carbonyl (C=O) groups excluding carboxylic acids is 1. The molecule has 0 atom stereocenters. The van der Waals surface area contributed by atoms with Crippen LogP contribution in [-0.2, 0) is 0 Å². The Morgan fingerprint density at radius 3 is 2.50 bits per heavy atom. The van der Waals surface area contributed by atoms with E-state index in [9.17, 15) is 4.79 Å². The fourth-order valence-electron chi connectivity index (χ4n) is 1.93. The predicted octanol–water partition coefficient (Wildman–Crippen LogP) is 0.647. The van der Waals surface area contributed by atoms with E-state index in [0.29, 0.717) is 0 Å². The molecule has 0 aromatic rings. The smallest absolute Gasteiger partial charge is 0.317 e. The zero-order chi connectivity index (χ0) is 10.4. The van der Waals surface area contributed by atoms with Crippen molar-refractivity contribution in [1.29, 1.82) is 0 Å². The molecule has 2 amide bonds. The van der Waals surface area contributed by atoms with Gasteiger partial charge in [0.15, 0.2) is 0 Å². The standard InChI is InChI=1S/C10H21N3O/c1-11-6-3-9-4-7-13(8-5-9)10(14)12-2/h9,11H,3-8H2,1-2H3,(H,12,14). The first-order valence-electron chi connectivity index (χ1n) is 5.39. The van der Waals surface area contributed by atoms with Crippen molar-refractivity contribution >= 4 is 6.03 Å². The van der Waals surface area contributed by atoms with Gasteiger partial charge in [0.05, 0.1) is 0 Å². The van der Waals surface area contributed by atoms with Crippen molar-refractivity contribution in [3.05, 3.63) is 0 Å². The number of hydrogen-bond donors (Lipinski definition) is 2. The number of rotatable bonds is 3. The summed E-state index contributed by atoms with van der Waals surface area (Å²) >= 11 is 0. The highest BCUT2D eigenvalue weighted by molar-refractivity contribution is 5.73. The van der Waals surface area contributed by atoms with Crippen molar-refractivity contribution in [2.75, 3.05) is 33.7 Å². The molecule has 1 heterocycles. The number of carbonyl (C=O) groups is 1. The quantitative estimate of drug-likeness (QED) is 0.701. The monoisotopic (exact) mass is 199 g/mol. The lowest BCUT2D eigenvalue weighted by molar-refractivity contribution is 0.170. The van der Waals surface area contributed by atoms with Gasteiger partial charge in [-0.2, -0.15) is 0 Å². The average Bonchev–Trinajstić information content (AvgIpc) is 2.26. The van der Waals surface area contributed by atoms with Crippen molar-refractivity contribution in [3.8, 4) is 0 Å². The van der Waals surface area contributed by atoms with E-state index >= 15 is 0 Å². The van der Waals surface area contributed by atoms with Crippen LogP contribution >= 0.6 is 0 Å². The van der Waals surface area contributed by atoms with Crippen LogP contribution in [0.5, 0.6) is 0 Å². The minimum atomic E-state index is 0.0667. The summed E-state index contributed by atoms with van der Waals surface area (Å²) in [5, 5.41) is 5.83. The Morgan fingerprint density at radius 1 is 1.36 bits per heavy atom. The van der Waals surface area contributed by atoms with Crippen LogP contribution in [0, 0.1) is 5.92 Å². The highest BCUT2D eigenvalue weighted by Gasteiger charge is 2.21. The molecule has 14 heavy (non-hydrogen) atoms. The molecule has 0 saturated carbocycles. The van der Waals surface area contributed by atoms with Crippen molar-refractivity contribution in [1.82, 2.24) is 15.5 Å². The number of hydrogen-bond acceptors (Lipinski definition) is 2. The molecule has 1 aliphatic heterocycles. The third-order valence-corrected chi connectivity index (χ3v) is 2.92. The molecular weight excluding hydrogens is 178 g/mol. The van der Waals surface area contributed by atoms with E-state index in [1.165, 1.54) is 6.42 Å². The summed E-state index contributed by atoms with van der Waals surface area (Å²) in [4.78, 5) is 13.2. The van der Waals surface area contributed by atoms with Gasteiger partial charge in [-0.05, 0) is 38.8 Å². The second-order valence-electron chi connectivity index (χ2n) is 3.88. The van der Waals surface area contributed by atoms with Crippen molar-refractivity contribution in [3.63, 3.8) is 0 Å². The van der Waals surface area contributed by atoms with Gasteiger partial charge in [0, 0.05) is 20.1 Å². The van der Waals surface area contributed by atoms with E-state index < -0.39 is 0 Å². The van der Waals surface area contributed by atoms with Gasteiger partial charge in [-0.15, -0.1) is 0 Å². The minimum absolute atomic E-state index is 0.0667. The van der Waals surface area contributed by atoms with Gasteiger partial charge >= 0.3 is 6.03 Å². The molecule has 1 fully saturated rings. The maximum Gasteiger partial charge on any atom is 0.317 e. The summed E-state index contributed by atoms with van der Waals surface area (Å²) in [6, 6.07) is 0.0667. The Balaban J connectivity index is 2.20. The molecule has 0 aromatic heterocycles. The lowest BCUT2D eigenvalue weighted by Gasteiger charge is -2.31. The van der Waals surface area contributed by atoms with E-state index in [1.807, 2.05) is 11.9 Å². The first-order chi connectivity index (χ1) is 6.77. The summed E-state index contributed by atoms with van der Waals surface area (Å²) in [6.07, 6.45) is 3.53. The molecule has 4 heteroatoms. The lowest BCUT2D eigenvalue weighted by Crippen LogP contribution is -2.43. The first kappa shape index (κ1) is 11.3. The van der Waals surface area contributed by atoms with Crippen LogP contribution in [-0.4, -0.2) is 44.7 Å². The zero-order valence-corrected chi connectivity index (χ0v) is 9.18. The molecule has 1 saturated heterocycles. The molecular formula is C10H21N3O. The van der Waals surface area contributed by atoms with Crippen LogP contribution in [0.3, 0.4) is 0 Å². The molecule has 0 radical (unpaired) electrons. The van der Waals surface area contributed by atoms with Crippen molar-refractivity contribution < 1.29 is 4.79 Å². The lowest BCUT2D eigenvalue weighted by atomic mass is 9.94. The van der Waals surface area contributed by atoms with E-state index in [0.717, 1.165) is 38.4 Å². The summed E-state index contributed by atoms with van der Waals surface area (Å²) in [5.41, 5.74) is 0. The number of nitrogens with one attached hydrogen (secondary N) is 2. The fraction of sp³-hybridized carbons (Fsp3) is 0.900. The number of piperidine rings is 1. The average molecular weight is 199 g/mol. The number of urea groups is 1. The third kappa shape index (κ3) is 3.18. The molecule has 0 aromatic carbocycles. The fourth-order valence-corrected chi connectivity index (χ4v) is 1.93. The van der Waals surface area contributed by atoms with E-state index in [2.05, 4.69) is 10.6 Å². The first-order valence-corrected chi connectivity index (χ1v) is 5.39. The van der Waals surface area contributed by atoms with Crippen molar-refractivity contribution in [2.24, 2.45) is 5.92 Å². The molecule has 0 aliphatic carbocycles. The van der Waals surface area contributed by atoms with Gasteiger partial charge in [-0.1, -0.05) is 0 Å². The Hall–Kier alpha value is -0.770. The molecule has 0 bridgehead atoms. The van der Waals surface area contributed by atoms with Gasteiger partial charge in [0.25, 0.3) is 0 Å². The number of likely N-dealkylation sites (tertiary alicyclic amines) is 1. The third-order valence-electron chi connectivity index (χ3n) is 2.92. The zero-order valence-electron chi connectivity index (χ0n) is 9.18. The normalized spacial score (nSPS) is 18.3. The van der Waals surface area contributed by atoms with E-state index in [-0.39, 0.29) is 6.03 Å². The van der Waals surface area contributed by atoms with Gasteiger partial charge in [-0.3, -0.25) is 0 Å². The summed E-state index contributed by atoms with van der Waals surface area (Å²) in [6.45, 7) is 2.91. The maximum atomic E-state index is 11.3. The Bertz CT molecular complexity index is 176. The van der Waals surface area contributed by atoms with Crippen LogP contribution in [0.4, 0.5) is 4.79 Å². The predicted molar refractivity (Wildman–Crippen MR) is 57.3 cm³/mol. The molecule has 0 spiro atoms. The summed E-state index contributed by atoms with van der Waals surface area (Å²) in [5.74, 6) is 0.795. The number of amides is 2. The van der Waals surface area contributed by atoms with Gasteiger partial charge < -0.3 is 15.5 Å². The highest BCUT2D eigenvalue weighted by Crippen LogP contribution is 2.19. The molecule has 0 unspecified atom stereocenters. The summed E-state index contributed by atoms with van der Waals surface area (Å²) < 4.78 is 0. The Kier molecular flexibility index (Phi) is 4.73. The number of nitrogens with zero attached hydrogens (tertiary/aromatic N) is 1. The Labute approximate surface area is 86.0 Å². The van der Waals surface area contributed by atoms with Crippen LogP contribution in [0.1, 0.15) is 19.3 Å². The van der Waals surface area contributed by atoms with Crippen LogP contribution in [0.2, 0.25) is 0 Å². The van der Waals surface area contributed by atoms with Crippen molar-refractivity contribution in [2.45, 2.75) is 19.3 Å². The van der Waals surface area contributed by atoms with Gasteiger partial charge in [0.2, 0.25) is 0 Å². The van der Waals surface area contributed by atoms with Crippen LogP contribution < -0.4 is 10.6 Å². The second kappa shape index (κ2) is 5.86. The molecule has 2 N–H and O–H groups in total. The van der Waals surface area contributed by atoms with Crippen LogP contribution in [0.25, 0.3) is 0 Å². The second-order valence-corrected chi connectivity index (χ2v) is 3.88. The SMILES string of the molecule is CNCCC1CCN(C(=O)NC)CC1. The minimum Gasteiger partial charge on any atom is -0.341 e. The molecule has 1 rings (SSSR count).